The van der Waals surface area contributed by atoms with Crippen LogP contribution in [0.5, 0.6) is 0 Å². The lowest BCUT2D eigenvalue weighted by Gasteiger charge is -2.38. The van der Waals surface area contributed by atoms with Gasteiger partial charge in [0, 0.05) is 44.6 Å². The molecule has 0 aliphatic carbocycles. The molecule has 4 rings (SSSR count). The van der Waals surface area contributed by atoms with E-state index >= 15 is 0 Å². The van der Waals surface area contributed by atoms with Gasteiger partial charge in [-0.3, -0.25) is 19.7 Å². The van der Waals surface area contributed by atoms with E-state index in [9.17, 15) is 18.0 Å². The molecule has 0 radical (unpaired) electrons. The van der Waals surface area contributed by atoms with E-state index in [2.05, 4.69) is 39.1 Å². The summed E-state index contributed by atoms with van der Waals surface area (Å²) in [6.45, 7) is 7.42. The Morgan fingerprint density at radius 1 is 1.09 bits per heavy atom. The molecular weight excluding hydrogens is 433 g/mol. The third kappa shape index (κ3) is 5.73. The van der Waals surface area contributed by atoms with Gasteiger partial charge in [0.15, 0.2) is 0 Å². The molecule has 33 heavy (non-hydrogen) atoms. The normalized spacial score (nSPS) is 23.5. The third-order valence-corrected chi connectivity index (χ3v) is 6.45. The first-order chi connectivity index (χ1) is 15.7. The predicted octanol–water partition coefficient (Wildman–Crippen LogP) is 2.62. The van der Waals surface area contributed by atoms with Crippen molar-refractivity contribution in [3.8, 4) is 0 Å². The van der Waals surface area contributed by atoms with E-state index in [0.717, 1.165) is 45.1 Å². The zero-order valence-electron chi connectivity index (χ0n) is 19.1. The molecule has 2 aromatic rings. The quantitative estimate of drug-likeness (QED) is 0.751. The Morgan fingerprint density at radius 2 is 1.85 bits per heavy atom. The molecule has 2 aliphatic heterocycles. The van der Waals surface area contributed by atoms with Crippen molar-refractivity contribution in [3.63, 3.8) is 0 Å². The van der Waals surface area contributed by atoms with Crippen LogP contribution in [0.15, 0.2) is 24.5 Å². The molecule has 3 heterocycles. The molecule has 0 unspecified atom stereocenters. The second kappa shape index (κ2) is 9.80. The number of fused-ring (bicyclic) bond motifs is 1. The first-order valence-electron chi connectivity index (χ1n) is 11.5. The van der Waals surface area contributed by atoms with E-state index in [4.69, 9.17) is 0 Å². The number of rotatable bonds is 4. The molecular formula is C23H31F3N6O. The fourth-order valence-electron chi connectivity index (χ4n) is 4.91. The molecule has 2 fully saturated rings. The molecule has 2 atom stereocenters. The van der Waals surface area contributed by atoms with Gasteiger partial charge in [0.25, 0.3) is 0 Å². The molecule has 0 spiro atoms. The van der Waals surface area contributed by atoms with Crippen molar-refractivity contribution in [1.82, 2.24) is 25.1 Å². The largest absolute Gasteiger partial charge is 0.418 e. The van der Waals surface area contributed by atoms with Gasteiger partial charge in [0.1, 0.15) is 11.0 Å². The Balaban J connectivity index is 1.48. The Hall–Kier alpha value is -2.46. The lowest BCUT2D eigenvalue weighted by Crippen LogP contribution is -2.52. The van der Waals surface area contributed by atoms with Crippen LogP contribution in [-0.2, 0) is 11.0 Å². The molecule has 10 heteroatoms. The summed E-state index contributed by atoms with van der Waals surface area (Å²) in [6, 6.07) is 2.48. The number of carbonyl (C=O) groups excluding carboxylic acids is 1. The molecule has 0 saturated carbocycles. The number of hydrogen-bond acceptors (Lipinski definition) is 6. The lowest BCUT2D eigenvalue weighted by atomic mass is 9.95. The SMILES string of the molecule is C[C@H]1C[C@@H](NC(=O)CN2CCCN(C)CC2)CN(c2ccc(C(F)(F)F)c3nccnc23)C1. The zero-order chi connectivity index (χ0) is 23.6. The van der Waals surface area contributed by atoms with Crippen LogP contribution in [0.2, 0.25) is 0 Å². The van der Waals surface area contributed by atoms with Crippen LogP contribution in [0.25, 0.3) is 11.0 Å². The Kier molecular flexibility index (Phi) is 7.04. The molecule has 1 aromatic heterocycles. The van der Waals surface area contributed by atoms with Gasteiger partial charge in [-0.1, -0.05) is 6.92 Å². The van der Waals surface area contributed by atoms with Gasteiger partial charge in [-0.2, -0.15) is 13.2 Å². The summed E-state index contributed by atoms with van der Waals surface area (Å²) >= 11 is 0. The number of hydrogen-bond donors (Lipinski definition) is 1. The minimum atomic E-state index is -4.50. The van der Waals surface area contributed by atoms with Crippen molar-refractivity contribution in [1.29, 1.82) is 0 Å². The average Bonchev–Trinajstić information content (AvgIpc) is 2.95. The smallest absolute Gasteiger partial charge is 0.367 e. The predicted molar refractivity (Wildman–Crippen MR) is 121 cm³/mol. The summed E-state index contributed by atoms with van der Waals surface area (Å²) in [6.07, 6.45) is 0.0664. The van der Waals surface area contributed by atoms with Gasteiger partial charge in [-0.25, -0.2) is 0 Å². The molecule has 180 valence electrons. The van der Waals surface area contributed by atoms with Gasteiger partial charge in [0.05, 0.1) is 17.8 Å². The number of halogens is 3. The third-order valence-electron chi connectivity index (χ3n) is 6.45. The number of nitrogens with one attached hydrogen (secondary N) is 1. The van der Waals surface area contributed by atoms with Gasteiger partial charge >= 0.3 is 6.18 Å². The number of likely N-dealkylation sites (N-methyl/N-ethyl adjacent to an activating group) is 1. The molecule has 1 N–H and O–H groups in total. The van der Waals surface area contributed by atoms with E-state index in [1.165, 1.54) is 18.5 Å². The number of anilines is 1. The summed E-state index contributed by atoms with van der Waals surface area (Å²) in [5.74, 6) is 0.264. The molecule has 2 aliphatic rings. The standard InChI is InChI=1S/C23H31F3N6O/c1-16-12-17(29-20(33)15-31-9-3-8-30(2)10-11-31)14-32(13-16)19-5-4-18(23(24,25)26)21-22(19)28-7-6-27-21/h4-7,16-17H,3,8-15H2,1-2H3,(H,29,33)/t16-,17+/m0/s1. The Bertz CT molecular complexity index is 984. The fraction of sp³-hybridized carbons (Fsp3) is 0.609. The second-order valence-electron chi connectivity index (χ2n) is 9.33. The highest BCUT2D eigenvalue weighted by Gasteiger charge is 2.35. The zero-order valence-corrected chi connectivity index (χ0v) is 19.1. The van der Waals surface area contributed by atoms with E-state index in [-0.39, 0.29) is 28.9 Å². The lowest BCUT2D eigenvalue weighted by molar-refractivity contribution is -0.136. The summed E-state index contributed by atoms with van der Waals surface area (Å²) in [7, 11) is 2.09. The van der Waals surface area contributed by atoms with E-state index in [0.29, 0.717) is 25.3 Å². The van der Waals surface area contributed by atoms with Crippen molar-refractivity contribution < 1.29 is 18.0 Å². The van der Waals surface area contributed by atoms with Crippen LogP contribution in [-0.4, -0.2) is 84.6 Å². The summed E-state index contributed by atoms with van der Waals surface area (Å²) < 4.78 is 40.4. The highest BCUT2D eigenvalue weighted by molar-refractivity contribution is 5.91. The number of amides is 1. The first-order valence-corrected chi connectivity index (χ1v) is 11.5. The number of nitrogens with zero attached hydrogens (tertiary/aromatic N) is 5. The highest BCUT2D eigenvalue weighted by atomic mass is 19.4. The van der Waals surface area contributed by atoms with Gasteiger partial charge in [-0.15, -0.1) is 0 Å². The fourth-order valence-corrected chi connectivity index (χ4v) is 4.91. The van der Waals surface area contributed by atoms with E-state index < -0.39 is 11.7 Å². The minimum Gasteiger partial charge on any atom is -0.367 e. The van der Waals surface area contributed by atoms with Crippen molar-refractivity contribution in [2.24, 2.45) is 5.92 Å². The molecule has 1 aromatic carbocycles. The maximum Gasteiger partial charge on any atom is 0.418 e. The average molecular weight is 465 g/mol. The molecule has 2 saturated heterocycles. The van der Waals surface area contributed by atoms with Gasteiger partial charge < -0.3 is 15.1 Å². The van der Waals surface area contributed by atoms with Crippen molar-refractivity contribution in [2.45, 2.75) is 32.0 Å². The second-order valence-corrected chi connectivity index (χ2v) is 9.33. The number of benzene rings is 1. The van der Waals surface area contributed by atoms with Gasteiger partial charge in [0.2, 0.25) is 5.91 Å². The monoisotopic (exact) mass is 464 g/mol. The molecule has 0 bridgehead atoms. The first kappa shape index (κ1) is 23.7. The van der Waals surface area contributed by atoms with Gasteiger partial charge in [-0.05, 0) is 51.0 Å². The topological polar surface area (TPSA) is 64.6 Å². The number of alkyl halides is 3. The summed E-state index contributed by atoms with van der Waals surface area (Å²) in [5, 5.41) is 3.16. The maximum absolute atomic E-state index is 13.5. The van der Waals surface area contributed by atoms with Crippen LogP contribution in [0.1, 0.15) is 25.3 Å². The Labute approximate surface area is 192 Å². The minimum absolute atomic E-state index is 0.00401. The highest BCUT2D eigenvalue weighted by Crippen LogP contribution is 2.37. The van der Waals surface area contributed by atoms with Crippen LogP contribution in [0.3, 0.4) is 0 Å². The van der Waals surface area contributed by atoms with Crippen LogP contribution >= 0.6 is 0 Å². The summed E-state index contributed by atoms with van der Waals surface area (Å²) in [4.78, 5) is 27.5. The number of carbonyl (C=O) groups is 1. The van der Waals surface area contributed by atoms with Crippen molar-refractivity contribution >= 4 is 22.6 Å². The van der Waals surface area contributed by atoms with Crippen molar-refractivity contribution in [2.75, 3.05) is 57.8 Å². The maximum atomic E-state index is 13.5. The summed E-state index contributed by atoms with van der Waals surface area (Å²) in [5.41, 5.74) is -0.0764. The Morgan fingerprint density at radius 3 is 2.61 bits per heavy atom. The molecule has 7 nitrogen and oxygen atoms in total. The van der Waals surface area contributed by atoms with E-state index in [1.807, 2.05) is 4.90 Å². The van der Waals surface area contributed by atoms with Crippen LogP contribution < -0.4 is 10.2 Å². The molecule has 1 amide bonds. The number of aromatic nitrogens is 2. The van der Waals surface area contributed by atoms with Crippen LogP contribution in [0, 0.1) is 5.92 Å². The van der Waals surface area contributed by atoms with Crippen molar-refractivity contribution in [3.05, 3.63) is 30.1 Å². The van der Waals surface area contributed by atoms with E-state index in [1.54, 1.807) is 0 Å². The van der Waals surface area contributed by atoms with Crippen LogP contribution in [0.4, 0.5) is 18.9 Å². The number of piperidine rings is 1.